The number of nitrogens with one attached hydrogen (secondary N) is 2. The van der Waals surface area contributed by atoms with Gasteiger partial charge in [-0.05, 0) is 67.1 Å². The standard InChI is InChI=1S/C32H37ClN4O3/c33-27-8-4-7-26(22-27)31(38)35-28-9-10-30(29(23-28)32(39)34-13-16-36-17-19-40-20-18-36)37-14-11-25(12-15-37)21-24-5-2-1-3-6-24/h1-10,22-23,25H,11-21H2,(H,34,39)(H,35,38). The Morgan fingerprint density at radius 2 is 1.65 bits per heavy atom. The largest absolute Gasteiger partial charge is 0.379 e. The van der Waals surface area contributed by atoms with Gasteiger partial charge in [0.2, 0.25) is 0 Å². The van der Waals surface area contributed by atoms with Crippen LogP contribution in [0.4, 0.5) is 11.4 Å². The van der Waals surface area contributed by atoms with Crippen LogP contribution in [0.2, 0.25) is 5.02 Å². The molecule has 2 saturated heterocycles. The lowest BCUT2D eigenvalue weighted by atomic mass is 9.89. The maximum absolute atomic E-state index is 13.5. The fourth-order valence-electron chi connectivity index (χ4n) is 5.48. The summed E-state index contributed by atoms with van der Waals surface area (Å²) in [5.41, 5.74) is 3.90. The summed E-state index contributed by atoms with van der Waals surface area (Å²) >= 11 is 6.08. The molecule has 0 atom stereocenters. The number of morpholine rings is 1. The number of hydrogen-bond acceptors (Lipinski definition) is 5. The van der Waals surface area contributed by atoms with E-state index in [0.29, 0.717) is 34.3 Å². The summed E-state index contributed by atoms with van der Waals surface area (Å²) in [7, 11) is 0. The molecule has 2 amide bonds. The summed E-state index contributed by atoms with van der Waals surface area (Å²) in [6, 6.07) is 23.1. The van der Waals surface area contributed by atoms with Crippen LogP contribution in [0.3, 0.4) is 0 Å². The molecule has 2 heterocycles. The minimum Gasteiger partial charge on any atom is -0.379 e. The molecule has 0 radical (unpaired) electrons. The highest BCUT2D eigenvalue weighted by Crippen LogP contribution is 2.30. The van der Waals surface area contributed by atoms with Gasteiger partial charge in [-0.2, -0.15) is 0 Å². The van der Waals surface area contributed by atoms with Gasteiger partial charge in [-0.15, -0.1) is 0 Å². The molecular weight excluding hydrogens is 524 g/mol. The average Bonchev–Trinajstić information content (AvgIpc) is 2.98. The number of rotatable bonds is 9. The van der Waals surface area contributed by atoms with Crippen molar-refractivity contribution < 1.29 is 14.3 Å². The number of hydrogen-bond donors (Lipinski definition) is 2. The van der Waals surface area contributed by atoms with Crippen LogP contribution in [0.1, 0.15) is 39.1 Å². The number of benzene rings is 3. The number of amides is 2. The second kappa shape index (κ2) is 13.8. The van der Waals surface area contributed by atoms with Crippen LogP contribution in [0.25, 0.3) is 0 Å². The molecule has 8 heteroatoms. The van der Waals surface area contributed by atoms with Crippen molar-refractivity contribution >= 4 is 34.8 Å². The van der Waals surface area contributed by atoms with Crippen molar-refractivity contribution in [3.63, 3.8) is 0 Å². The first-order valence-electron chi connectivity index (χ1n) is 14.1. The summed E-state index contributed by atoms with van der Waals surface area (Å²) in [5.74, 6) is 0.227. The van der Waals surface area contributed by atoms with E-state index in [1.807, 2.05) is 12.1 Å². The van der Waals surface area contributed by atoms with Crippen LogP contribution < -0.4 is 15.5 Å². The van der Waals surface area contributed by atoms with Crippen LogP contribution in [0, 0.1) is 5.92 Å². The smallest absolute Gasteiger partial charge is 0.255 e. The zero-order chi connectivity index (χ0) is 27.7. The zero-order valence-electron chi connectivity index (χ0n) is 22.8. The zero-order valence-corrected chi connectivity index (χ0v) is 23.5. The molecule has 3 aromatic rings. The lowest BCUT2D eigenvalue weighted by molar-refractivity contribution is 0.0383. The van der Waals surface area contributed by atoms with Crippen LogP contribution in [-0.4, -0.2) is 69.2 Å². The maximum atomic E-state index is 13.5. The quantitative estimate of drug-likeness (QED) is 0.380. The Morgan fingerprint density at radius 1 is 0.875 bits per heavy atom. The van der Waals surface area contributed by atoms with Gasteiger partial charge in [-0.25, -0.2) is 0 Å². The molecule has 3 aromatic carbocycles. The maximum Gasteiger partial charge on any atom is 0.255 e. The van der Waals surface area contributed by atoms with Crippen LogP contribution in [0.15, 0.2) is 72.8 Å². The topological polar surface area (TPSA) is 73.9 Å². The van der Waals surface area contributed by atoms with E-state index >= 15 is 0 Å². The Morgan fingerprint density at radius 3 is 2.40 bits per heavy atom. The third-order valence-corrected chi connectivity index (χ3v) is 7.96. The molecule has 2 fully saturated rings. The van der Waals surface area contributed by atoms with Gasteiger partial charge in [0, 0.05) is 61.2 Å². The molecule has 0 saturated carbocycles. The molecule has 2 aliphatic rings. The van der Waals surface area contributed by atoms with Crippen LogP contribution >= 0.6 is 11.6 Å². The number of ether oxygens (including phenoxy) is 1. The predicted molar refractivity (Wildman–Crippen MR) is 161 cm³/mol. The minimum atomic E-state index is -0.268. The van der Waals surface area contributed by atoms with Crippen molar-refractivity contribution in [2.75, 3.05) is 62.7 Å². The van der Waals surface area contributed by atoms with Gasteiger partial charge < -0.3 is 20.3 Å². The molecule has 2 N–H and O–H groups in total. The average molecular weight is 561 g/mol. The van der Waals surface area contributed by atoms with E-state index in [9.17, 15) is 9.59 Å². The van der Waals surface area contributed by atoms with E-state index in [-0.39, 0.29) is 11.8 Å². The molecule has 0 unspecified atom stereocenters. The highest BCUT2D eigenvalue weighted by molar-refractivity contribution is 6.31. The first kappa shape index (κ1) is 28.1. The summed E-state index contributed by atoms with van der Waals surface area (Å²) in [5, 5.41) is 6.54. The van der Waals surface area contributed by atoms with Gasteiger partial charge in [0.1, 0.15) is 0 Å². The van der Waals surface area contributed by atoms with Gasteiger partial charge in [0.05, 0.1) is 18.8 Å². The number of carbonyl (C=O) groups is 2. The lowest BCUT2D eigenvalue weighted by Gasteiger charge is -2.35. The highest BCUT2D eigenvalue weighted by atomic mass is 35.5. The Balaban J connectivity index is 1.28. The van der Waals surface area contributed by atoms with Crippen molar-refractivity contribution in [3.8, 4) is 0 Å². The Kier molecular flexibility index (Phi) is 9.71. The number of piperidine rings is 1. The van der Waals surface area contributed by atoms with E-state index in [1.54, 1.807) is 30.3 Å². The van der Waals surface area contributed by atoms with E-state index < -0.39 is 0 Å². The summed E-state index contributed by atoms with van der Waals surface area (Å²) in [6.45, 7) is 6.32. The number of nitrogens with zero attached hydrogens (tertiary/aromatic N) is 2. The summed E-state index contributed by atoms with van der Waals surface area (Å²) < 4.78 is 5.43. The second-order valence-corrected chi connectivity index (χ2v) is 11.0. The van der Waals surface area contributed by atoms with Crippen molar-refractivity contribution in [2.45, 2.75) is 19.3 Å². The normalized spacial score (nSPS) is 16.5. The number of carbonyl (C=O) groups excluding carboxylic acids is 2. The molecule has 7 nitrogen and oxygen atoms in total. The van der Waals surface area contributed by atoms with Crippen molar-refractivity contribution in [1.29, 1.82) is 0 Å². The molecule has 0 spiro atoms. The van der Waals surface area contributed by atoms with E-state index in [2.05, 4.69) is 50.8 Å². The Hall–Kier alpha value is -3.39. The third-order valence-electron chi connectivity index (χ3n) is 7.73. The molecule has 210 valence electrons. The van der Waals surface area contributed by atoms with Crippen LogP contribution in [0.5, 0.6) is 0 Å². The van der Waals surface area contributed by atoms with Gasteiger partial charge >= 0.3 is 0 Å². The molecule has 40 heavy (non-hydrogen) atoms. The predicted octanol–water partition coefficient (Wildman–Crippen LogP) is 5.11. The molecule has 2 aliphatic heterocycles. The molecule has 0 aliphatic carbocycles. The van der Waals surface area contributed by atoms with Gasteiger partial charge in [-0.3, -0.25) is 14.5 Å². The van der Waals surface area contributed by atoms with E-state index in [0.717, 1.165) is 70.9 Å². The monoisotopic (exact) mass is 560 g/mol. The van der Waals surface area contributed by atoms with Crippen molar-refractivity contribution in [3.05, 3.63) is 94.5 Å². The molecular formula is C32H37ClN4O3. The summed E-state index contributed by atoms with van der Waals surface area (Å²) in [4.78, 5) is 31.0. The fraction of sp³-hybridized carbons (Fsp3) is 0.375. The van der Waals surface area contributed by atoms with E-state index in [4.69, 9.17) is 16.3 Å². The molecule has 0 bridgehead atoms. The first-order chi connectivity index (χ1) is 19.5. The van der Waals surface area contributed by atoms with E-state index in [1.165, 1.54) is 5.56 Å². The second-order valence-electron chi connectivity index (χ2n) is 10.5. The Bertz CT molecular complexity index is 1290. The van der Waals surface area contributed by atoms with Crippen LogP contribution in [-0.2, 0) is 11.2 Å². The van der Waals surface area contributed by atoms with Gasteiger partial charge in [0.15, 0.2) is 0 Å². The number of halogens is 1. The Labute approximate surface area is 241 Å². The SMILES string of the molecule is O=C(Nc1ccc(N2CCC(Cc3ccccc3)CC2)c(C(=O)NCCN2CCOCC2)c1)c1cccc(Cl)c1. The van der Waals surface area contributed by atoms with Gasteiger partial charge in [0.25, 0.3) is 11.8 Å². The molecule has 0 aromatic heterocycles. The first-order valence-corrected chi connectivity index (χ1v) is 14.5. The van der Waals surface area contributed by atoms with Crippen molar-refractivity contribution in [1.82, 2.24) is 10.2 Å². The fourth-order valence-corrected chi connectivity index (χ4v) is 5.67. The number of anilines is 2. The third kappa shape index (κ3) is 7.62. The highest BCUT2D eigenvalue weighted by Gasteiger charge is 2.24. The lowest BCUT2D eigenvalue weighted by Crippen LogP contribution is -2.41. The minimum absolute atomic E-state index is 0.131. The summed E-state index contributed by atoms with van der Waals surface area (Å²) in [6.07, 6.45) is 3.22. The van der Waals surface area contributed by atoms with Gasteiger partial charge in [-0.1, -0.05) is 48.0 Å². The van der Waals surface area contributed by atoms with Crippen molar-refractivity contribution in [2.24, 2.45) is 5.92 Å². The molecule has 5 rings (SSSR count).